The number of nitrogens with zero attached hydrogens (tertiary/aromatic N) is 2. The third-order valence-electron chi connectivity index (χ3n) is 4.06. The number of rotatable bonds is 2. The molecule has 0 radical (unpaired) electrons. The maximum absolute atomic E-state index is 13.8. The number of nitrogens with two attached hydrogens (primary N) is 1. The van der Waals surface area contributed by atoms with Crippen LogP contribution in [0.2, 0.25) is 5.02 Å². The molecule has 0 bridgehead atoms. The molecule has 112 valence electrons. The third-order valence-corrected chi connectivity index (χ3v) is 4.30. The highest BCUT2D eigenvalue weighted by Gasteiger charge is 2.37. The molecule has 2 aromatic rings. The summed E-state index contributed by atoms with van der Waals surface area (Å²) in [7, 11) is 0. The molecule has 6 heteroatoms. The van der Waals surface area contributed by atoms with Crippen LogP contribution in [0.1, 0.15) is 38.4 Å². The molecule has 1 aliphatic rings. The summed E-state index contributed by atoms with van der Waals surface area (Å²) in [6.45, 7) is 2.17. The van der Waals surface area contributed by atoms with Crippen LogP contribution >= 0.6 is 11.6 Å². The van der Waals surface area contributed by atoms with E-state index in [2.05, 4.69) is 17.1 Å². The molecule has 0 amide bonds. The van der Waals surface area contributed by atoms with E-state index < -0.39 is 11.4 Å². The zero-order valence-electron chi connectivity index (χ0n) is 11.8. The smallest absolute Gasteiger partial charge is 0.261 e. The van der Waals surface area contributed by atoms with Gasteiger partial charge in [0.25, 0.3) is 5.89 Å². The van der Waals surface area contributed by atoms with Crippen molar-refractivity contribution >= 4 is 11.6 Å². The Morgan fingerprint density at radius 2 is 2.29 bits per heavy atom. The van der Waals surface area contributed by atoms with Crippen molar-refractivity contribution in [2.24, 2.45) is 11.7 Å². The molecule has 0 spiro atoms. The van der Waals surface area contributed by atoms with E-state index >= 15 is 0 Å². The highest BCUT2D eigenvalue weighted by molar-refractivity contribution is 6.30. The van der Waals surface area contributed by atoms with Gasteiger partial charge in [-0.3, -0.25) is 0 Å². The molecule has 0 saturated heterocycles. The first-order valence-corrected chi connectivity index (χ1v) is 7.44. The fourth-order valence-corrected chi connectivity index (χ4v) is 3.16. The van der Waals surface area contributed by atoms with Crippen LogP contribution in [0.15, 0.2) is 22.7 Å². The SMILES string of the molecule is CC1CCCC(N)(c2noc(-c3cc(Cl)ccc3F)n2)C1. The van der Waals surface area contributed by atoms with Crippen LogP contribution in [-0.2, 0) is 5.54 Å². The van der Waals surface area contributed by atoms with E-state index in [1.807, 2.05) is 0 Å². The second kappa shape index (κ2) is 5.39. The number of hydrogen-bond donors (Lipinski definition) is 1. The summed E-state index contributed by atoms with van der Waals surface area (Å²) in [4.78, 5) is 4.31. The van der Waals surface area contributed by atoms with Gasteiger partial charge in [0.2, 0.25) is 0 Å². The average Bonchev–Trinajstić information content (AvgIpc) is 2.91. The number of benzene rings is 1. The lowest BCUT2D eigenvalue weighted by atomic mass is 9.76. The number of hydrogen-bond acceptors (Lipinski definition) is 4. The molecule has 1 saturated carbocycles. The van der Waals surface area contributed by atoms with Gasteiger partial charge in [-0.2, -0.15) is 4.98 Å². The lowest BCUT2D eigenvalue weighted by Gasteiger charge is -2.33. The Morgan fingerprint density at radius 1 is 1.48 bits per heavy atom. The Balaban J connectivity index is 1.94. The predicted molar refractivity (Wildman–Crippen MR) is 78.2 cm³/mol. The van der Waals surface area contributed by atoms with Gasteiger partial charge in [-0.15, -0.1) is 0 Å². The minimum atomic E-state index is -0.589. The monoisotopic (exact) mass is 309 g/mol. The minimum absolute atomic E-state index is 0.119. The van der Waals surface area contributed by atoms with Crippen LogP contribution < -0.4 is 5.73 Å². The molecule has 2 N–H and O–H groups in total. The lowest BCUT2D eigenvalue weighted by molar-refractivity contribution is 0.222. The molecule has 2 atom stereocenters. The van der Waals surface area contributed by atoms with Crippen molar-refractivity contribution in [1.82, 2.24) is 10.1 Å². The standard InChI is InChI=1S/C15H17ClFN3O/c1-9-3-2-6-15(18,8-9)14-19-13(21-20-14)11-7-10(16)4-5-12(11)17/h4-5,7,9H,2-3,6,8,18H2,1H3. The zero-order valence-corrected chi connectivity index (χ0v) is 12.5. The van der Waals surface area contributed by atoms with Crippen molar-refractivity contribution in [1.29, 1.82) is 0 Å². The largest absolute Gasteiger partial charge is 0.334 e. The zero-order chi connectivity index (χ0) is 15.0. The Morgan fingerprint density at radius 3 is 3.05 bits per heavy atom. The Bertz CT molecular complexity index is 660. The molecule has 4 nitrogen and oxygen atoms in total. The molecule has 1 aliphatic carbocycles. The molecular formula is C15H17ClFN3O. The van der Waals surface area contributed by atoms with Crippen molar-refractivity contribution in [3.8, 4) is 11.5 Å². The minimum Gasteiger partial charge on any atom is -0.334 e. The van der Waals surface area contributed by atoms with Crippen molar-refractivity contribution in [3.05, 3.63) is 34.9 Å². The van der Waals surface area contributed by atoms with E-state index in [0.29, 0.717) is 16.8 Å². The van der Waals surface area contributed by atoms with Crippen LogP contribution in [0.5, 0.6) is 0 Å². The van der Waals surface area contributed by atoms with E-state index in [-0.39, 0.29) is 11.5 Å². The molecular weight excluding hydrogens is 293 g/mol. The van der Waals surface area contributed by atoms with Gasteiger partial charge in [0.1, 0.15) is 5.82 Å². The maximum Gasteiger partial charge on any atom is 0.261 e. The molecule has 1 aromatic heterocycles. The molecule has 3 rings (SSSR count). The van der Waals surface area contributed by atoms with Gasteiger partial charge < -0.3 is 10.3 Å². The summed E-state index contributed by atoms with van der Waals surface area (Å²) >= 11 is 5.89. The molecule has 21 heavy (non-hydrogen) atoms. The van der Waals surface area contributed by atoms with Crippen molar-refractivity contribution < 1.29 is 8.91 Å². The van der Waals surface area contributed by atoms with E-state index in [4.69, 9.17) is 21.9 Å². The molecule has 1 heterocycles. The topological polar surface area (TPSA) is 64.9 Å². The Hall–Kier alpha value is -1.46. The van der Waals surface area contributed by atoms with Gasteiger partial charge in [0.15, 0.2) is 5.82 Å². The molecule has 2 unspecified atom stereocenters. The van der Waals surface area contributed by atoms with E-state index in [9.17, 15) is 4.39 Å². The highest BCUT2D eigenvalue weighted by Crippen LogP contribution is 2.37. The molecule has 1 aromatic carbocycles. The fraction of sp³-hybridized carbons (Fsp3) is 0.467. The average molecular weight is 310 g/mol. The van der Waals surface area contributed by atoms with Crippen LogP contribution in [0, 0.1) is 11.7 Å². The summed E-state index contributed by atoms with van der Waals surface area (Å²) in [6, 6.07) is 4.23. The summed E-state index contributed by atoms with van der Waals surface area (Å²) < 4.78 is 19.0. The van der Waals surface area contributed by atoms with Gasteiger partial charge in [-0.1, -0.05) is 36.5 Å². The lowest BCUT2D eigenvalue weighted by Crippen LogP contribution is -2.42. The van der Waals surface area contributed by atoms with Crippen LogP contribution in [0.3, 0.4) is 0 Å². The number of aromatic nitrogens is 2. The number of halogens is 2. The van der Waals surface area contributed by atoms with Gasteiger partial charge in [0, 0.05) is 5.02 Å². The molecule has 0 aliphatic heterocycles. The van der Waals surface area contributed by atoms with Gasteiger partial charge >= 0.3 is 0 Å². The first kappa shape index (κ1) is 14.5. The van der Waals surface area contributed by atoms with Crippen molar-refractivity contribution in [2.75, 3.05) is 0 Å². The fourth-order valence-electron chi connectivity index (χ4n) is 2.99. The van der Waals surface area contributed by atoms with E-state index in [1.165, 1.54) is 18.2 Å². The second-order valence-electron chi connectivity index (χ2n) is 5.90. The maximum atomic E-state index is 13.8. The van der Waals surface area contributed by atoms with Gasteiger partial charge in [-0.25, -0.2) is 4.39 Å². The summed E-state index contributed by atoms with van der Waals surface area (Å²) in [5, 5.41) is 4.39. The van der Waals surface area contributed by atoms with Gasteiger partial charge in [-0.05, 0) is 37.0 Å². The summed E-state index contributed by atoms with van der Waals surface area (Å²) in [6.07, 6.45) is 3.82. The summed E-state index contributed by atoms with van der Waals surface area (Å²) in [5.41, 5.74) is 6.04. The Kier molecular flexibility index (Phi) is 3.71. The van der Waals surface area contributed by atoms with Crippen LogP contribution in [0.4, 0.5) is 4.39 Å². The first-order valence-electron chi connectivity index (χ1n) is 7.06. The quantitative estimate of drug-likeness (QED) is 0.914. The summed E-state index contributed by atoms with van der Waals surface area (Å²) in [5.74, 6) is 0.641. The highest BCUT2D eigenvalue weighted by atomic mass is 35.5. The van der Waals surface area contributed by atoms with Crippen LogP contribution in [0.25, 0.3) is 11.5 Å². The second-order valence-corrected chi connectivity index (χ2v) is 6.34. The van der Waals surface area contributed by atoms with Crippen molar-refractivity contribution in [2.45, 2.75) is 38.1 Å². The van der Waals surface area contributed by atoms with Gasteiger partial charge in [0.05, 0.1) is 11.1 Å². The van der Waals surface area contributed by atoms with Crippen molar-refractivity contribution in [3.63, 3.8) is 0 Å². The third kappa shape index (κ3) is 2.80. The van der Waals surface area contributed by atoms with E-state index in [1.54, 1.807) is 0 Å². The first-order chi connectivity index (χ1) is 9.98. The van der Waals surface area contributed by atoms with Crippen LogP contribution in [-0.4, -0.2) is 10.1 Å². The van der Waals surface area contributed by atoms with E-state index in [0.717, 1.165) is 25.7 Å². The predicted octanol–water partition coefficient (Wildman–Crippen LogP) is 3.89. The normalized spacial score (nSPS) is 26.0. The molecule has 1 fully saturated rings. The Labute approximate surface area is 127 Å².